The van der Waals surface area contributed by atoms with Gasteiger partial charge in [-0.05, 0) is 38.8 Å². The molecule has 0 bridgehead atoms. The number of nitrogens with zero attached hydrogens (tertiary/aromatic N) is 4. The van der Waals surface area contributed by atoms with Gasteiger partial charge in [0.1, 0.15) is 0 Å². The standard InChI is InChI=1S/C10H16N6/c1-3-7(11-5-1)9-13-15-10(16-14-9)8-4-2-6-12-8/h7-8,11-12H,1-6H2. The fourth-order valence-electron chi connectivity index (χ4n) is 2.33. The average Bonchev–Trinajstić information content (AvgIpc) is 3.03. The average molecular weight is 220 g/mol. The lowest BCUT2D eigenvalue weighted by atomic mass is 10.2. The summed E-state index contributed by atoms with van der Waals surface area (Å²) in [6.45, 7) is 2.08. The summed E-state index contributed by atoms with van der Waals surface area (Å²) in [7, 11) is 0. The summed E-state index contributed by atoms with van der Waals surface area (Å²) in [4.78, 5) is 0. The highest BCUT2D eigenvalue weighted by atomic mass is 15.3. The van der Waals surface area contributed by atoms with Crippen molar-refractivity contribution >= 4 is 0 Å². The van der Waals surface area contributed by atoms with Crippen molar-refractivity contribution in [1.29, 1.82) is 0 Å². The molecule has 0 amide bonds. The molecule has 1 aromatic rings. The second-order valence-corrected chi connectivity index (χ2v) is 4.41. The third-order valence-corrected chi connectivity index (χ3v) is 3.25. The fraction of sp³-hybridized carbons (Fsp3) is 0.800. The van der Waals surface area contributed by atoms with Crippen LogP contribution in [0, 0.1) is 0 Å². The van der Waals surface area contributed by atoms with Crippen LogP contribution < -0.4 is 10.6 Å². The number of hydrogen-bond donors (Lipinski definition) is 2. The van der Waals surface area contributed by atoms with Crippen molar-refractivity contribution in [2.45, 2.75) is 37.8 Å². The van der Waals surface area contributed by atoms with Gasteiger partial charge < -0.3 is 10.6 Å². The van der Waals surface area contributed by atoms with Gasteiger partial charge >= 0.3 is 0 Å². The van der Waals surface area contributed by atoms with Crippen LogP contribution in [-0.2, 0) is 0 Å². The van der Waals surface area contributed by atoms with Crippen LogP contribution in [0.5, 0.6) is 0 Å². The van der Waals surface area contributed by atoms with Crippen molar-refractivity contribution in [2.24, 2.45) is 0 Å². The highest BCUT2D eigenvalue weighted by Crippen LogP contribution is 2.21. The molecule has 6 heteroatoms. The largest absolute Gasteiger partial charge is 0.307 e. The summed E-state index contributed by atoms with van der Waals surface area (Å²) in [6, 6.07) is 0.510. The molecule has 0 radical (unpaired) electrons. The van der Waals surface area contributed by atoms with Gasteiger partial charge in [0.25, 0.3) is 0 Å². The van der Waals surface area contributed by atoms with E-state index < -0.39 is 0 Å². The third-order valence-electron chi connectivity index (χ3n) is 3.25. The van der Waals surface area contributed by atoms with Gasteiger partial charge in [0.15, 0.2) is 11.6 Å². The van der Waals surface area contributed by atoms with Crippen LogP contribution in [0.3, 0.4) is 0 Å². The first-order chi connectivity index (χ1) is 7.93. The molecule has 2 unspecified atom stereocenters. The topological polar surface area (TPSA) is 75.6 Å². The van der Waals surface area contributed by atoms with E-state index in [9.17, 15) is 0 Å². The maximum atomic E-state index is 4.18. The quantitative estimate of drug-likeness (QED) is 0.737. The van der Waals surface area contributed by atoms with E-state index in [-0.39, 0.29) is 12.1 Å². The lowest BCUT2D eigenvalue weighted by molar-refractivity contribution is 0.526. The Balaban J connectivity index is 1.73. The Hall–Kier alpha value is -1.14. The number of rotatable bonds is 2. The van der Waals surface area contributed by atoms with E-state index >= 15 is 0 Å². The number of aromatic nitrogens is 4. The second-order valence-electron chi connectivity index (χ2n) is 4.41. The van der Waals surface area contributed by atoms with E-state index in [1.54, 1.807) is 0 Å². The van der Waals surface area contributed by atoms with Crippen molar-refractivity contribution < 1.29 is 0 Å². The molecule has 3 rings (SSSR count). The van der Waals surface area contributed by atoms with Gasteiger partial charge in [-0.25, -0.2) is 0 Å². The van der Waals surface area contributed by atoms with Crippen molar-refractivity contribution in [2.75, 3.05) is 13.1 Å². The Morgan fingerprint density at radius 1 is 0.750 bits per heavy atom. The molecular formula is C10H16N6. The van der Waals surface area contributed by atoms with Gasteiger partial charge in [-0.2, -0.15) is 0 Å². The van der Waals surface area contributed by atoms with Crippen LogP contribution in [0.25, 0.3) is 0 Å². The SMILES string of the molecule is C1CNC(c2nnc(C3CCCN3)nn2)C1. The maximum absolute atomic E-state index is 4.18. The first-order valence-electron chi connectivity index (χ1n) is 5.97. The predicted octanol–water partition coefficient (Wildman–Crippen LogP) is 0.116. The van der Waals surface area contributed by atoms with Crippen LogP contribution in [0.1, 0.15) is 49.4 Å². The zero-order chi connectivity index (χ0) is 10.8. The molecule has 2 saturated heterocycles. The highest BCUT2D eigenvalue weighted by molar-refractivity contribution is 4.97. The summed E-state index contributed by atoms with van der Waals surface area (Å²) in [5, 5.41) is 23.4. The lowest BCUT2D eigenvalue weighted by Crippen LogP contribution is -2.21. The van der Waals surface area contributed by atoms with Gasteiger partial charge in [-0.1, -0.05) is 0 Å². The molecule has 16 heavy (non-hydrogen) atoms. The van der Waals surface area contributed by atoms with Gasteiger partial charge in [0.2, 0.25) is 0 Å². The van der Waals surface area contributed by atoms with E-state index in [2.05, 4.69) is 31.0 Å². The highest BCUT2D eigenvalue weighted by Gasteiger charge is 2.23. The summed E-state index contributed by atoms with van der Waals surface area (Å²) in [5.74, 6) is 1.47. The molecule has 2 aliphatic heterocycles. The van der Waals surface area contributed by atoms with E-state index in [1.165, 1.54) is 12.8 Å². The smallest absolute Gasteiger partial charge is 0.190 e. The molecule has 2 N–H and O–H groups in total. The Bertz CT molecular complexity index is 304. The zero-order valence-corrected chi connectivity index (χ0v) is 9.19. The summed E-state index contributed by atoms with van der Waals surface area (Å²) >= 11 is 0. The third kappa shape index (κ3) is 1.90. The first-order valence-corrected chi connectivity index (χ1v) is 5.97. The molecule has 0 saturated carbocycles. The maximum Gasteiger partial charge on any atom is 0.190 e. The van der Waals surface area contributed by atoms with Crippen molar-refractivity contribution in [3.8, 4) is 0 Å². The van der Waals surface area contributed by atoms with Gasteiger partial charge in [-0.3, -0.25) is 0 Å². The van der Waals surface area contributed by atoms with Crippen LogP contribution in [0.4, 0.5) is 0 Å². The molecule has 3 heterocycles. The fourth-order valence-corrected chi connectivity index (χ4v) is 2.33. The van der Waals surface area contributed by atoms with E-state index in [4.69, 9.17) is 0 Å². The summed E-state index contributed by atoms with van der Waals surface area (Å²) in [5.41, 5.74) is 0. The van der Waals surface area contributed by atoms with Crippen molar-refractivity contribution in [3.05, 3.63) is 11.6 Å². The molecule has 6 nitrogen and oxygen atoms in total. The molecule has 1 aromatic heterocycles. The van der Waals surface area contributed by atoms with E-state index in [0.29, 0.717) is 0 Å². The van der Waals surface area contributed by atoms with Gasteiger partial charge in [0.05, 0.1) is 12.1 Å². The minimum Gasteiger partial charge on any atom is -0.307 e. The molecule has 0 aromatic carbocycles. The zero-order valence-electron chi connectivity index (χ0n) is 9.19. The normalized spacial score (nSPS) is 29.8. The summed E-state index contributed by atoms with van der Waals surface area (Å²) < 4.78 is 0. The van der Waals surface area contributed by atoms with Crippen LogP contribution >= 0.6 is 0 Å². The Kier molecular flexibility index (Phi) is 2.75. The second kappa shape index (κ2) is 4.39. The number of hydrogen-bond acceptors (Lipinski definition) is 6. The Morgan fingerprint density at radius 2 is 1.19 bits per heavy atom. The van der Waals surface area contributed by atoms with E-state index in [0.717, 1.165) is 37.6 Å². The molecule has 2 fully saturated rings. The van der Waals surface area contributed by atoms with E-state index in [1.807, 2.05) is 0 Å². The lowest BCUT2D eigenvalue weighted by Gasteiger charge is -2.09. The van der Waals surface area contributed by atoms with Crippen molar-refractivity contribution in [1.82, 2.24) is 31.0 Å². The molecule has 86 valence electrons. The molecule has 2 atom stereocenters. The molecule has 0 spiro atoms. The van der Waals surface area contributed by atoms with Crippen molar-refractivity contribution in [3.63, 3.8) is 0 Å². The van der Waals surface area contributed by atoms with Gasteiger partial charge in [-0.15, -0.1) is 20.4 Å². The van der Waals surface area contributed by atoms with Crippen LogP contribution in [-0.4, -0.2) is 33.5 Å². The van der Waals surface area contributed by atoms with Crippen LogP contribution in [0.2, 0.25) is 0 Å². The minimum absolute atomic E-state index is 0.255. The molecule has 2 aliphatic rings. The predicted molar refractivity (Wildman–Crippen MR) is 57.6 cm³/mol. The van der Waals surface area contributed by atoms with Gasteiger partial charge in [0, 0.05) is 0 Å². The minimum atomic E-state index is 0.255. The first kappa shape index (κ1) is 10.0. The molecule has 0 aliphatic carbocycles. The summed E-state index contributed by atoms with van der Waals surface area (Å²) in [6.07, 6.45) is 4.54. The Morgan fingerprint density at radius 3 is 1.50 bits per heavy atom. The monoisotopic (exact) mass is 220 g/mol. The number of nitrogens with one attached hydrogen (secondary N) is 2. The Labute approximate surface area is 94.3 Å². The molecular weight excluding hydrogens is 204 g/mol. The van der Waals surface area contributed by atoms with Crippen LogP contribution in [0.15, 0.2) is 0 Å².